The van der Waals surface area contributed by atoms with Crippen molar-refractivity contribution in [3.8, 4) is 11.5 Å². The highest BCUT2D eigenvalue weighted by Crippen LogP contribution is 2.53. The lowest BCUT2D eigenvalue weighted by Crippen LogP contribution is -2.49. The molecule has 3 heterocycles. The summed E-state index contributed by atoms with van der Waals surface area (Å²) in [5, 5.41) is 25.3. The fraction of sp³-hybridized carbons (Fsp3) is 0.545. The third-order valence-corrected chi connectivity index (χ3v) is 10.7. The van der Waals surface area contributed by atoms with Crippen LogP contribution >= 0.6 is 0 Å². The van der Waals surface area contributed by atoms with Gasteiger partial charge >= 0.3 is 0 Å². The van der Waals surface area contributed by atoms with E-state index in [4.69, 9.17) is 9.47 Å². The fourth-order valence-corrected chi connectivity index (χ4v) is 7.55. The van der Waals surface area contributed by atoms with E-state index in [1.165, 1.54) is 0 Å². The van der Waals surface area contributed by atoms with E-state index in [-0.39, 0.29) is 34.8 Å². The highest BCUT2D eigenvalue weighted by atomic mass is 16.5. The topological polar surface area (TPSA) is 58.9 Å². The minimum atomic E-state index is -2.38. The lowest BCUT2D eigenvalue weighted by Gasteiger charge is -2.40. The molecule has 2 aliphatic carbocycles. The second-order valence-corrected chi connectivity index (χ2v) is 18.8. The molecule has 0 radical (unpaired) electrons. The van der Waals surface area contributed by atoms with Crippen molar-refractivity contribution in [2.24, 2.45) is 10.8 Å². The standard InChI is InChI=1S/C44H56O4/c1-39(2,3)31-15-25-13-27-17-33(41(7,8)9)24-44(37(27)45)22-30-20-32(40(4,5)6)16-26(36(30)48-44)14-28-18-34(42(10,11)12)23-43(38(28)46)21-29(19-31)35(25)47-43/h15-20,23-24,37-38,45-46H,13-14,21-22H2,1-12H3/t37-,38-,43-,44+/m1/s1/i13D,14D,37D,38D/t13-,14+,37-,38-,43-,44+. The van der Waals surface area contributed by atoms with E-state index >= 15 is 0 Å². The van der Waals surface area contributed by atoms with Gasteiger partial charge in [0.05, 0.1) is 2.74 Å². The third-order valence-electron chi connectivity index (χ3n) is 10.7. The first-order valence-corrected chi connectivity index (χ1v) is 17.5. The van der Waals surface area contributed by atoms with Crippen LogP contribution in [0.3, 0.4) is 0 Å². The number of fused-ring (bicyclic) bond motifs is 2. The van der Waals surface area contributed by atoms with Crippen molar-refractivity contribution in [3.05, 3.63) is 104 Å². The van der Waals surface area contributed by atoms with Gasteiger partial charge in [0.2, 0.25) is 0 Å². The van der Waals surface area contributed by atoms with Gasteiger partial charge in [-0.25, -0.2) is 0 Å². The molecule has 6 bridgehead atoms. The van der Waals surface area contributed by atoms with Crippen molar-refractivity contribution in [2.75, 3.05) is 0 Å². The van der Waals surface area contributed by atoms with E-state index < -0.39 is 47.0 Å². The predicted octanol–water partition coefficient (Wildman–Crippen LogP) is 8.97. The summed E-state index contributed by atoms with van der Waals surface area (Å²) >= 11 is 0. The first-order chi connectivity index (χ1) is 23.5. The maximum Gasteiger partial charge on any atom is 0.161 e. The molecule has 7 rings (SSSR count). The average Bonchev–Trinajstić information content (AvgIpc) is 3.55. The quantitative estimate of drug-likeness (QED) is 0.298. The lowest BCUT2D eigenvalue weighted by molar-refractivity contribution is 0.00717. The third kappa shape index (κ3) is 5.33. The summed E-state index contributed by atoms with van der Waals surface area (Å²) in [4.78, 5) is 0. The highest BCUT2D eigenvalue weighted by molar-refractivity contribution is 5.60. The van der Waals surface area contributed by atoms with Crippen LogP contribution < -0.4 is 9.47 Å². The molecule has 2 aromatic carbocycles. The number of aliphatic hydroxyl groups is 2. The Bertz CT molecular complexity index is 1880. The average molecular weight is 653 g/mol. The Morgan fingerprint density at radius 2 is 0.917 bits per heavy atom. The lowest BCUT2D eigenvalue weighted by atomic mass is 9.71. The summed E-state index contributed by atoms with van der Waals surface area (Å²) in [6.07, 6.45) is 0.362. The molecule has 6 atom stereocenters. The van der Waals surface area contributed by atoms with Crippen molar-refractivity contribution in [3.63, 3.8) is 0 Å². The highest BCUT2D eigenvalue weighted by Gasteiger charge is 2.52. The number of hydrogen-bond donors (Lipinski definition) is 2. The largest absolute Gasteiger partial charge is 0.479 e. The Morgan fingerprint density at radius 3 is 1.23 bits per heavy atom. The van der Waals surface area contributed by atoms with Gasteiger partial charge in [0.15, 0.2) is 11.2 Å². The zero-order valence-corrected chi connectivity index (χ0v) is 30.9. The molecule has 256 valence electrons. The van der Waals surface area contributed by atoms with Gasteiger partial charge in [-0.05, 0) is 89.5 Å². The molecule has 2 spiro atoms. The van der Waals surface area contributed by atoms with Crippen LogP contribution in [-0.4, -0.2) is 33.6 Å². The summed E-state index contributed by atoms with van der Waals surface area (Å²) < 4.78 is 53.6. The number of benzene rings is 2. The van der Waals surface area contributed by atoms with Gasteiger partial charge in [-0.15, -0.1) is 0 Å². The van der Waals surface area contributed by atoms with Crippen molar-refractivity contribution in [2.45, 2.75) is 143 Å². The smallest absolute Gasteiger partial charge is 0.161 e. The minimum absolute atomic E-state index is 0.146. The van der Waals surface area contributed by atoms with E-state index in [0.29, 0.717) is 22.6 Å². The summed E-state index contributed by atoms with van der Waals surface area (Å²) in [6, 6.07) is 7.96. The van der Waals surface area contributed by atoms with E-state index in [0.717, 1.165) is 33.4 Å². The number of allylic oxidation sites excluding steroid dienone is 4. The summed E-state index contributed by atoms with van der Waals surface area (Å²) in [5.41, 5.74) is 1.61. The SMILES string of the molecule is [2H][C@@H]1C2=CC(C(C)(C)C)=C[C@]3(Cc4cc(C(C)(C)C)cc(c4O3)[C@@H]([2H])C3=CC(C(C)(C)C)=C[C@@]4(Cc5cc(C(C)(C)C)cc1c5O4)[C@]3([2H])O)[C@]2([2H])O. The molecular weight excluding hydrogens is 592 g/mol. The molecule has 0 saturated carbocycles. The first-order valence-electron chi connectivity index (χ1n) is 19.6. The van der Waals surface area contributed by atoms with E-state index in [1.807, 2.05) is 36.4 Å². The Labute approximate surface area is 294 Å². The monoisotopic (exact) mass is 652 g/mol. The molecule has 0 amide bonds. The number of rotatable bonds is 0. The van der Waals surface area contributed by atoms with Gasteiger partial charge in [-0.1, -0.05) is 120 Å². The molecule has 2 aromatic rings. The van der Waals surface area contributed by atoms with Crippen LogP contribution in [0.25, 0.3) is 0 Å². The van der Waals surface area contributed by atoms with Gasteiger partial charge in [-0.2, -0.15) is 0 Å². The molecule has 48 heavy (non-hydrogen) atoms. The summed E-state index contributed by atoms with van der Waals surface area (Å²) in [7, 11) is 0. The molecule has 4 nitrogen and oxygen atoms in total. The Morgan fingerprint density at radius 1 is 0.583 bits per heavy atom. The van der Waals surface area contributed by atoms with Crippen LogP contribution in [-0.2, 0) is 36.5 Å². The number of hydrogen-bond acceptors (Lipinski definition) is 4. The molecule has 3 aliphatic heterocycles. The van der Waals surface area contributed by atoms with Crippen LogP contribution in [0.4, 0.5) is 0 Å². The summed E-state index contributed by atoms with van der Waals surface area (Å²) in [5.74, 6) is 0.758. The second-order valence-electron chi connectivity index (χ2n) is 18.8. The number of ether oxygens (including phenoxy) is 2. The van der Waals surface area contributed by atoms with Gasteiger partial charge < -0.3 is 19.7 Å². The van der Waals surface area contributed by atoms with E-state index in [2.05, 4.69) is 83.1 Å². The van der Waals surface area contributed by atoms with Crippen molar-refractivity contribution >= 4 is 0 Å². The maximum absolute atomic E-state index is 12.7. The zero-order chi connectivity index (χ0) is 38.6. The molecule has 0 fully saturated rings. The molecule has 4 heteroatoms. The molecule has 0 saturated heterocycles. The van der Waals surface area contributed by atoms with Crippen molar-refractivity contribution < 1.29 is 25.2 Å². The van der Waals surface area contributed by atoms with Crippen LogP contribution in [0, 0.1) is 10.8 Å². The van der Waals surface area contributed by atoms with Crippen molar-refractivity contribution in [1.82, 2.24) is 0 Å². The first kappa shape index (κ1) is 28.7. The zero-order valence-electron chi connectivity index (χ0n) is 34.9. The fourth-order valence-electron chi connectivity index (χ4n) is 7.55. The van der Waals surface area contributed by atoms with Gasteiger partial charge in [-0.3, -0.25) is 0 Å². The van der Waals surface area contributed by atoms with Crippen molar-refractivity contribution in [1.29, 1.82) is 0 Å². The molecular formula is C44H56O4. The van der Waals surface area contributed by atoms with Gasteiger partial charge in [0, 0.05) is 28.4 Å². The predicted molar refractivity (Wildman–Crippen MR) is 195 cm³/mol. The van der Waals surface area contributed by atoms with E-state index in [1.54, 1.807) is 12.2 Å². The molecule has 0 aromatic heterocycles. The normalized spacial score (nSPS) is 35.4. The molecule has 5 aliphatic rings. The van der Waals surface area contributed by atoms with Crippen LogP contribution in [0.15, 0.2) is 70.9 Å². The van der Waals surface area contributed by atoms with Crippen LogP contribution in [0.2, 0.25) is 0 Å². The molecule has 0 unspecified atom stereocenters. The van der Waals surface area contributed by atoms with Gasteiger partial charge in [0.25, 0.3) is 0 Å². The Hall–Kier alpha value is -3.08. The summed E-state index contributed by atoms with van der Waals surface area (Å²) in [6.45, 7) is 25.0. The van der Waals surface area contributed by atoms with Gasteiger partial charge in [0.1, 0.15) is 23.7 Å². The Balaban J connectivity index is 1.62. The Kier molecular flexibility index (Phi) is 6.12. The van der Waals surface area contributed by atoms with Crippen LogP contribution in [0.5, 0.6) is 11.5 Å². The minimum Gasteiger partial charge on any atom is -0.479 e. The maximum atomic E-state index is 12.7. The van der Waals surface area contributed by atoms with E-state index in [9.17, 15) is 15.7 Å². The van der Waals surface area contributed by atoms with Crippen LogP contribution in [0.1, 0.15) is 122 Å². The molecule has 2 N–H and O–H groups in total. The second kappa shape index (κ2) is 10.2.